The maximum atomic E-state index is 6.46. The molecule has 0 saturated heterocycles. The van der Waals surface area contributed by atoms with E-state index in [4.69, 9.17) is 5.73 Å². The Morgan fingerprint density at radius 2 is 2.00 bits per heavy atom. The monoisotopic (exact) mass is 205 g/mol. The van der Waals surface area contributed by atoms with Crippen LogP contribution in [0.25, 0.3) is 0 Å². The van der Waals surface area contributed by atoms with Crippen LogP contribution >= 0.6 is 0 Å². The molecular formula is C12H19N3. The van der Waals surface area contributed by atoms with Crippen molar-refractivity contribution >= 4 is 0 Å². The zero-order valence-electron chi connectivity index (χ0n) is 9.15. The molecule has 1 heterocycles. The predicted molar refractivity (Wildman–Crippen MR) is 59.4 cm³/mol. The van der Waals surface area contributed by atoms with Crippen molar-refractivity contribution in [2.75, 3.05) is 0 Å². The second kappa shape index (κ2) is 3.34. The lowest BCUT2D eigenvalue weighted by atomic mass is 9.79. The third kappa shape index (κ3) is 1.69. The van der Waals surface area contributed by atoms with E-state index in [-0.39, 0.29) is 5.54 Å². The van der Waals surface area contributed by atoms with Crippen molar-refractivity contribution in [1.82, 2.24) is 9.78 Å². The molecule has 1 aromatic heterocycles. The Balaban J connectivity index is 1.83. The fourth-order valence-corrected chi connectivity index (χ4v) is 2.61. The highest BCUT2D eigenvalue weighted by atomic mass is 15.3. The Morgan fingerprint density at radius 3 is 2.67 bits per heavy atom. The van der Waals surface area contributed by atoms with Crippen LogP contribution in [0.3, 0.4) is 0 Å². The topological polar surface area (TPSA) is 43.8 Å². The maximum absolute atomic E-state index is 6.46. The lowest BCUT2D eigenvalue weighted by Crippen LogP contribution is -2.38. The summed E-state index contributed by atoms with van der Waals surface area (Å²) in [5, 5.41) is 4.44. The highest BCUT2D eigenvalue weighted by Crippen LogP contribution is 2.38. The number of rotatable bonds is 2. The van der Waals surface area contributed by atoms with Gasteiger partial charge in [-0.25, -0.2) is 0 Å². The van der Waals surface area contributed by atoms with Crippen molar-refractivity contribution in [2.24, 2.45) is 5.73 Å². The molecule has 3 heteroatoms. The molecule has 1 aromatic rings. The average molecular weight is 205 g/mol. The van der Waals surface area contributed by atoms with Gasteiger partial charge in [-0.2, -0.15) is 5.10 Å². The van der Waals surface area contributed by atoms with Gasteiger partial charge in [0.2, 0.25) is 0 Å². The van der Waals surface area contributed by atoms with Crippen LogP contribution in [0.1, 0.15) is 56.6 Å². The summed E-state index contributed by atoms with van der Waals surface area (Å²) in [7, 11) is 0. The fraction of sp³-hybridized carbons (Fsp3) is 0.750. The molecule has 0 atom stereocenters. The Labute approximate surface area is 90.7 Å². The van der Waals surface area contributed by atoms with Crippen molar-refractivity contribution in [3.63, 3.8) is 0 Å². The van der Waals surface area contributed by atoms with Crippen molar-refractivity contribution in [1.29, 1.82) is 0 Å². The Morgan fingerprint density at radius 1 is 1.27 bits per heavy atom. The molecule has 82 valence electrons. The smallest absolute Gasteiger partial charge is 0.0540 e. The first-order valence-electron chi connectivity index (χ1n) is 6.11. The van der Waals surface area contributed by atoms with Gasteiger partial charge in [-0.1, -0.05) is 19.3 Å². The van der Waals surface area contributed by atoms with Crippen molar-refractivity contribution in [3.05, 3.63) is 18.0 Å². The summed E-state index contributed by atoms with van der Waals surface area (Å²) in [5.41, 5.74) is 7.64. The standard InChI is InChI=1S/C12H19N3/c13-12(6-2-1-3-7-12)10-8-14-15(9-10)11-4-5-11/h8-9,11H,1-7,13H2. The van der Waals surface area contributed by atoms with E-state index >= 15 is 0 Å². The summed E-state index contributed by atoms with van der Waals surface area (Å²) in [5.74, 6) is 0. The van der Waals surface area contributed by atoms with Crippen LogP contribution in [-0.2, 0) is 5.54 Å². The second-order valence-corrected chi connectivity index (χ2v) is 5.16. The molecule has 2 saturated carbocycles. The van der Waals surface area contributed by atoms with E-state index in [9.17, 15) is 0 Å². The van der Waals surface area contributed by atoms with E-state index in [0.717, 1.165) is 12.8 Å². The SMILES string of the molecule is NC1(c2cnn(C3CC3)c2)CCCCC1. The molecule has 3 nitrogen and oxygen atoms in total. The van der Waals surface area contributed by atoms with Crippen molar-refractivity contribution < 1.29 is 0 Å². The van der Waals surface area contributed by atoms with Gasteiger partial charge in [0.05, 0.1) is 12.2 Å². The lowest BCUT2D eigenvalue weighted by Gasteiger charge is -2.32. The molecule has 2 aliphatic rings. The summed E-state index contributed by atoms with van der Waals surface area (Å²) in [4.78, 5) is 0. The van der Waals surface area contributed by atoms with E-state index in [1.807, 2.05) is 6.20 Å². The zero-order chi connectivity index (χ0) is 10.3. The number of hydrogen-bond donors (Lipinski definition) is 1. The van der Waals surface area contributed by atoms with Crippen LogP contribution in [0.5, 0.6) is 0 Å². The highest BCUT2D eigenvalue weighted by Gasteiger charge is 2.32. The minimum absolute atomic E-state index is 0.0780. The average Bonchev–Trinajstić information content (AvgIpc) is 2.97. The van der Waals surface area contributed by atoms with Gasteiger partial charge in [0.15, 0.2) is 0 Å². The number of nitrogens with two attached hydrogens (primary N) is 1. The Kier molecular flexibility index (Phi) is 2.09. The molecular weight excluding hydrogens is 186 g/mol. The molecule has 0 aromatic carbocycles. The largest absolute Gasteiger partial charge is 0.321 e. The molecule has 15 heavy (non-hydrogen) atoms. The van der Waals surface area contributed by atoms with Crippen LogP contribution < -0.4 is 5.73 Å². The molecule has 0 radical (unpaired) electrons. The Hall–Kier alpha value is -0.830. The van der Waals surface area contributed by atoms with Crippen LogP contribution in [0.2, 0.25) is 0 Å². The highest BCUT2D eigenvalue weighted by molar-refractivity contribution is 5.19. The fourth-order valence-electron chi connectivity index (χ4n) is 2.61. The number of aromatic nitrogens is 2. The maximum Gasteiger partial charge on any atom is 0.0540 e. The summed E-state index contributed by atoms with van der Waals surface area (Å²) in [6.45, 7) is 0. The molecule has 0 spiro atoms. The van der Waals surface area contributed by atoms with Gasteiger partial charge >= 0.3 is 0 Å². The molecule has 0 aliphatic heterocycles. The minimum Gasteiger partial charge on any atom is -0.321 e. The van der Waals surface area contributed by atoms with E-state index in [1.54, 1.807) is 0 Å². The first-order chi connectivity index (χ1) is 7.28. The van der Waals surface area contributed by atoms with Gasteiger partial charge < -0.3 is 5.73 Å². The van der Waals surface area contributed by atoms with Crippen molar-refractivity contribution in [3.8, 4) is 0 Å². The summed E-state index contributed by atoms with van der Waals surface area (Å²) >= 11 is 0. The third-order valence-corrected chi connectivity index (χ3v) is 3.84. The number of nitrogens with zero attached hydrogens (tertiary/aromatic N) is 2. The predicted octanol–water partition coefficient (Wildman–Crippen LogP) is 2.34. The Bertz CT molecular complexity index is 346. The molecule has 0 amide bonds. The summed E-state index contributed by atoms with van der Waals surface area (Å²) in [6.07, 6.45) is 12.9. The first kappa shape index (κ1) is 9.40. The normalized spacial score (nSPS) is 25.4. The van der Waals surface area contributed by atoms with Gasteiger partial charge in [-0.3, -0.25) is 4.68 Å². The van der Waals surface area contributed by atoms with E-state index in [0.29, 0.717) is 6.04 Å². The van der Waals surface area contributed by atoms with Crippen LogP contribution in [-0.4, -0.2) is 9.78 Å². The third-order valence-electron chi connectivity index (χ3n) is 3.84. The summed E-state index contributed by atoms with van der Waals surface area (Å²) < 4.78 is 2.11. The second-order valence-electron chi connectivity index (χ2n) is 5.16. The quantitative estimate of drug-likeness (QED) is 0.805. The minimum atomic E-state index is -0.0780. The molecule has 0 unspecified atom stereocenters. The van der Waals surface area contributed by atoms with Gasteiger partial charge in [0.25, 0.3) is 0 Å². The number of hydrogen-bond acceptors (Lipinski definition) is 2. The van der Waals surface area contributed by atoms with Crippen LogP contribution in [0.15, 0.2) is 12.4 Å². The molecule has 0 bridgehead atoms. The van der Waals surface area contributed by atoms with Gasteiger partial charge in [-0.05, 0) is 25.7 Å². The summed E-state index contributed by atoms with van der Waals surface area (Å²) in [6, 6.07) is 0.672. The van der Waals surface area contributed by atoms with Crippen molar-refractivity contribution in [2.45, 2.75) is 56.5 Å². The van der Waals surface area contributed by atoms with Gasteiger partial charge in [0.1, 0.15) is 0 Å². The lowest BCUT2D eigenvalue weighted by molar-refractivity contribution is 0.302. The molecule has 2 fully saturated rings. The van der Waals surface area contributed by atoms with Gasteiger partial charge in [-0.15, -0.1) is 0 Å². The first-order valence-corrected chi connectivity index (χ1v) is 6.11. The zero-order valence-corrected chi connectivity index (χ0v) is 9.15. The molecule has 2 N–H and O–H groups in total. The van der Waals surface area contributed by atoms with E-state index in [2.05, 4.69) is 16.0 Å². The van der Waals surface area contributed by atoms with Crippen LogP contribution in [0.4, 0.5) is 0 Å². The van der Waals surface area contributed by atoms with E-state index < -0.39 is 0 Å². The molecule has 2 aliphatic carbocycles. The van der Waals surface area contributed by atoms with Gasteiger partial charge in [0, 0.05) is 17.3 Å². The molecule has 3 rings (SSSR count). The van der Waals surface area contributed by atoms with Crippen LogP contribution in [0, 0.1) is 0 Å². The van der Waals surface area contributed by atoms with E-state index in [1.165, 1.54) is 37.7 Å².